The lowest BCUT2D eigenvalue weighted by Crippen LogP contribution is -2.08. The Labute approximate surface area is 121 Å². The summed E-state index contributed by atoms with van der Waals surface area (Å²) in [6.45, 7) is -0.746. The third-order valence-electron chi connectivity index (χ3n) is 2.90. The second kappa shape index (κ2) is 5.65. The fourth-order valence-electron chi connectivity index (χ4n) is 1.89. The minimum absolute atomic E-state index is 0.235. The van der Waals surface area contributed by atoms with Crippen molar-refractivity contribution in [3.63, 3.8) is 0 Å². The highest BCUT2D eigenvalue weighted by atomic mass is 32.2. The first-order valence-corrected chi connectivity index (χ1v) is 7.28. The van der Waals surface area contributed by atoms with Crippen molar-refractivity contribution in [3.8, 4) is 5.75 Å². The Morgan fingerprint density at radius 3 is 2.29 bits per heavy atom. The Hall–Kier alpha value is -2.22. The van der Waals surface area contributed by atoms with Crippen molar-refractivity contribution in [2.75, 3.05) is 0 Å². The van der Waals surface area contributed by atoms with Crippen molar-refractivity contribution in [2.24, 2.45) is 0 Å². The van der Waals surface area contributed by atoms with E-state index in [-0.39, 0.29) is 16.7 Å². The molecule has 21 heavy (non-hydrogen) atoms. The first-order valence-electron chi connectivity index (χ1n) is 5.87. The van der Waals surface area contributed by atoms with Crippen LogP contribution in [0.1, 0.15) is 21.5 Å². The van der Waals surface area contributed by atoms with Gasteiger partial charge in [-0.3, -0.25) is 4.79 Å². The molecule has 0 spiro atoms. The summed E-state index contributed by atoms with van der Waals surface area (Å²) in [5, 5.41) is 18.9. The molecule has 2 aromatic carbocycles. The molecular weight excluding hydrogens is 296 g/mol. The number of ketones is 1. The van der Waals surface area contributed by atoms with Gasteiger partial charge < -0.3 is 14.8 Å². The van der Waals surface area contributed by atoms with Crippen LogP contribution in [-0.2, 0) is 16.7 Å². The smallest absolute Gasteiger partial charge is 0.196 e. The lowest BCUT2D eigenvalue weighted by molar-refractivity contribution is 0.103. The number of benzene rings is 2. The number of aromatic hydroxyl groups is 1. The third-order valence-corrected chi connectivity index (χ3v) is 3.82. The van der Waals surface area contributed by atoms with E-state index in [0.29, 0.717) is 0 Å². The van der Waals surface area contributed by atoms with Gasteiger partial charge in [-0.25, -0.2) is 8.42 Å². The zero-order chi connectivity index (χ0) is 15.6. The van der Waals surface area contributed by atoms with Crippen molar-refractivity contribution in [1.29, 1.82) is 0 Å². The fourth-order valence-corrected chi connectivity index (χ4v) is 2.60. The summed E-state index contributed by atoms with van der Waals surface area (Å²) in [6, 6.07) is 9.59. The van der Waals surface area contributed by atoms with Gasteiger partial charge in [0, 0.05) is 5.56 Å². The molecule has 2 aromatic rings. The van der Waals surface area contributed by atoms with Gasteiger partial charge in [0.05, 0.1) is 17.1 Å². The van der Waals surface area contributed by atoms with Gasteiger partial charge in [0.1, 0.15) is 15.9 Å². The molecule has 0 bridgehead atoms. The minimum Gasteiger partial charge on any atom is -0.744 e. The molecule has 0 fully saturated rings. The van der Waals surface area contributed by atoms with E-state index in [2.05, 4.69) is 0 Å². The van der Waals surface area contributed by atoms with Gasteiger partial charge in [-0.2, -0.15) is 0 Å². The average Bonchev–Trinajstić information content (AvgIpc) is 2.45. The van der Waals surface area contributed by atoms with E-state index in [1.807, 2.05) is 0 Å². The highest BCUT2D eigenvalue weighted by Crippen LogP contribution is 2.28. The summed E-state index contributed by atoms with van der Waals surface area (Å²) >= 11 is 0. The summed E-state index contributed by atoms with van der Waals surface area (Å²) in [7, 11) is -4.87. The van der Waals surface area contributed by atoms with Crippen LogP contribution in [0.15, 0.2) is 47.4 Å². The number of hydrogen-bond acceptors (Lipinski definition) is 6. The Bertz CT molecular complexity index is 781. The summed E-state index contributed by atoms with van der Waals surface area (Å²) in [4.78, 5) is 11.5. The summed E-state index contributed by atoms with van der Waals surface area (Å²) in [6.07, 6.45) is 0. The van der Waals surface area contributed by atoms with Crippen molar-refractivity contribution >= 4 is 15.9 Å². The molecule has 2 N–H and O–H groups in total. The van der Waals surface area contributed by atoms with E-state index in [4.69, 9.17) is 5.11 Å². The fraction of sp³-hybridized carbons (Fsp3) is 0.0714. The zero-order valence-electron chi connectivity index (χ0n) is 10.7. The Balaban J connectivity index is 2.63. The second-order valence-electron chi connectivity index (χ2n) is 4.28. The molecule has 0 aliphatic carbocycles. The van der Waals surface area contributed by atoms with E-state index >= 15 is 0 Å². The number of aliphatic hydroxyl groups is 1. The maximum absolute atomic E-state index is 12.2. The first-order chi connectivity index (χ1) is 9.84. The maximum Gasteiger partial charge on any atom is 0.196 e. The van der Waals surface area contributed by atoms with E-state index in [1.165, 1.54) is 12.1 Å². The highest BCUT2D eigenvalue weighted by Gasteiger charge is 2.19. The van der Waals surface area contributed by atoms with Crippen LogP contribution in [0.3, 0.4) is 0 Å². The molecule has 0 amide bonds. The number of aliphatic hydroxyl groups excluding tert-OH is 1. The highest BCUT2D eigenvalue weighted by molar-refractivity contribution is 7.85. The first kappa shape index (κ1) is 15.2. The molecule has 0 saturated carbocycles. The Morgan fingerprint density at radius 2 is 1.76 bits per heavy atom. The lowest BCUT2D eigenvalue weighted by Gasteiger charge is -2.14. The molecule has 0 unspecified atom stereocenters. The standard InChI is InChI=1S/C14H12O6S/c15-8-10-6-12(16)11(7-13(10)21(18,19)20)14(17)9-4-2-1-3-5-9/h1-7,15-16H,8H2,(H,18,19,20)/p-1. The summed E-state index contributed by atoms with van der Waals surface area (Å²) in [5.74, 6) is -1.12. The van der Waals surface area contributed by atoms with Crippen LogP contribution in [0, 0.1) is 0 Å². The third kappa shape index (κ3) is 3.10. The predicted molar refractivity (Wildman–Crippen MR) is 71.9 cm³/mol. The molecule has 0 heterocycles. The quantitative estimate of drug-likeness (QED) is 0.643. The molecular formula is C14H11O6S-. The maximum atomic E-state index is 12.2. The van der Waals surface area contributed by atoms with Crippen molar-refractivity contribution in [2.45, 2.75) is 11.5 Å². The largest absolute Gasteiger partial charge is 0.744 e. The lowest BCUT2D eigenvalue weighted by atomic mass is 10.0. The van der Waals surface area contributed by atoms with Crippen LogP contribution in [0.5, 0.6) is 5.75 Å². The number of carbonyl (C=O) groups is 1. The van der Waals surface area contributed by atoms with Crippen LogP contribution in [0.25, 0.3) is 0 Å². The van der Waals surface area contributed by atoms with E-state index in [0.717, 1.165) is 12.1 Å². The number of carbonyl (C=O) groups excluding carboxylic acids is 1. The van der Waals surface area contributed by atoms with E-state index in [9.17, 15) is 22.9 Å². The molecule has 7 heteroatoms. The SMILES string of the molecule is O=C(c1ccccc1)c1cc(S(=O)(=O)[O-])c(CO)cc1O. The predicted octanol–water partition coefficient (Wildman–Crippen LogP) is 1.02. The molecule has 6 nitrogen and oxygen atoms in total. The van der Waals surface area contributed by atoms with Gasteiger partial charge in [0.25, 0.3) is 0 Å². The van der Waals surface area contributed by atoms with Crippen molar-refractivity contribution < 1.29 is 28.0 Å². The van der Waals surface area contributed by atoms with Gasteiger partial charge >= 0.3 is 0 Å². The molecule has 0 atom stereocenters. The summed E-state index contributed by atoms with van der Waals surface area (Å²) in [5.41, 5.74) is -0.335. The summed E-state index contributed by atoms with van der Waals surface area (Å²) < 4.78 is 33.5. The molecule has 2 rings (SSSR count). The second-order valence-corrected chi connectivity index (χ2v) is 5.63. The molecule has 0 radical (unpaired) electrons. The minimum atomic E-state index is -4.87. The zero-order valence-corrected chi connectivity index (χ0v) is 11.5. The van der Waals surface area contributed by atoms with E-state index < -0.39 is 33.2 Å². The molecule has 110 valence electrons. The van der Waals surface area contributed by atoms with Gasteiger partial charge in [-0.1, -0.05) is 30.3 Å². The van der Waals surface area contributed by atoms with Gasteiger partial charge in [0.2, 0.25) is 0 Å². The number of phenolic OH excluding ortho intramolecular Hbond substituents is 1. The van der Waals surface area contributed by atoms with Gasteiger partial charge in [0.15, 0.2) is 5.78 Å². The van der Waals surface area contributed by atoms with Crippen LogP contribution < -0.4 is 0 Å². The number of hydrogen-bond donors (Lipinski definition) is 2. The van der Waals surface area contributed by atoms with Crippen LogP contribution in [0.4, 0.5) is 0 Å². The van der Waals surface area contributed by atoms with Crippen molar-refractivity contribution in [3.05, 3.63) is 59.2 Å². The topological polar surface area (TPSA) is 115 Å². The normalized spacial score (nSPS) is 11.3. The Kier molecular flexibility index (Phi) is 4.08. The molecule has 0 aliphatic rings. The van der Waals surface area contributed by atoms with Gasteiger partial charge in [-0.05, 0) is 17.7 Å². The molecule has 0 aliphatic heterocycles. The Morgan fingerprint density at radius 1 is 1.14 bits per heavy atom. The van der Waals surface area contributed by atoms with Crippen LogP contribution in [-0.4, -0.2) is 29.0 Å². The van der Waals surface area contributed by atoms with Crippen LogP contribution in [0.2, 0.25) is 0 Å². The number of rotatable bonds is 4. The monoisotopic (exact) mass is 307 g/mol. The molecule has 0 aromatic heterocycles. The number of phenols is 1. The van der Waals surface area contributed by atoms with Crippen molar-refractivity contribution in [1.82, 2.24) is 0 Å². The molecule has 0 saturated heterocycles. The van der Waals surface area contributed by atoms with E-state index in [1.54, 1.807) is 18.2 Å². The van der Waals surface area contributed by atoms with Gasteiger partial charge in [-0.15, -0.1) is 0 Å². The van der Waals surface area contributed by atoms with Crippen LogP contribution >= 0.6 is 0 Å². The average molecular weight is 307 g/mol.